The Balaban J connectivity index is 0.00000261. The quantitative estimate of drug-likeness (QED) is 0.344. The van der Waals surface area contributed by atoms with Crippen molar-refractivity contribution in [3.63, 3.8) is 0 Å². The van der Waals surface area contributed by atoms with Crippen molar-refractivity contribution >= 4 is 47.0 Å². The summed E-state index contributed by atoms with van der Waals surface area (Å²) >= 11 is 1.75. The van der Waals surface area contributed by atoms with Crippen LogP contribution in [0.5, 0.6) is 5.75 Å². The highest BCUT2D eigenvalue weighted by molar-refractivity contribution is 14.0. The van der Waals surface area contributed by atoms with Gasteiger partial charge in [-0.2, -0.15) is 0 Å². The van der Waals surface area contributed by atoms with Crippen molar-refractivity contribution < 1.29 is 4.74 Å². The van der Waals surface area contributed by atoms with Crippen molar-refractivity contribution in [1.29, 1.82) is 0 Å². The first-order chi connectivity index (χ1) is 12.8. The average Bonchev–Trinajstić information content (AvgIpc) is 3.36. The number of nitrogens with one attached hydrogen (secondary N) is 2. The second-order valence-electron chi connectivity index (χ2n) is 6.43. The monoisotopic (exact) mass is 500 g/mol. The number of hydrogen-bond acceptors (Lipinski definition) is 4. The second kappa shape index (κ2) is 11.4. The number of aliphatic imine (C=N–C) groups is 1. The molecule has 1 unspecified atom stereocenters. The van der Waals surface area contributed by atoms with Gasteiger partial charge >= 0.3 is 0 Å². The van der Waals surface area contributed by atoms with Gasteiger partial charge in [-0.05, 0) is 42.8 Å². The summed E-state index contributed by atoms with van der Waals surface area (Å²) < 4.78 is 5.51. The molecule has 1 saturated heterocycles. The van der Waals surface area contributed by atoms with Gasteiger partial charge in [-0.25, -0.2) is 4.99 Å². The van der Waals surface area contributed by atoms with Crippen LogP contribution < -0.4 is 20.3 Å². The standard InChI is InChI=1S/C20H28N4OS.HI/c1-3-21-20(23-14-17-7-6-12-26-17)22-13-16-10-11-24(15-16)18-8-4-5-9-19(18)25-2;/h4-9,12,16H,3,10-11,13-15H2,1-2H3,(H2,21,22,23);1H. The maximum Gasteiger partial charge on any atom is 0.191 e. The summed E-state index contributed by atoms with van der Waals surface area (Å²) in [5, 5.41) is 8.94. The van der Waals surface area contributed by atoms with E-state index in [0.717, 1.165) is 44.4 Å². The van der Waals surface area contributed by atoms with Gasteiger partial charge in [-0.1, -0.05) is 18.2 Å². The lowest BCUT2D eigenvalue weighted by Crippen LogP contribution is -2.40. The normalized spacial score (nSPS) is 16.7. The minimum Gasteiger partial charge on any atom is -0.495 e. The van der Waals surface area contributed by atoms with Crippen LogP contribution in [0.2, 0.25) is 0 Å². The third-order valence-electron chi connectivity index (χ3n) is 4.59. The van der Waals surface area contributed by atoms with Crippen LogP contribution in [0.1, 0.15) is 18.2 Å². The molecule has 1 atom stereocenters. The predicted octanol–water partition coefficient (Wildman–Crippen LogP) is 3.96. The average molecular weight is 500 g/mol. The molecule has 0 bridgehead atoms. The Hall–Kier alpha value is -1.48. The Morgan fingerprint density at radius 2 is 2.11 bits per heavy atom. The van der Waals surface area contributed by atoms with Crippen molar-refractivity contribution in [3.8, 4) is 5.75 Å². The fourth-order valence-corrected chi connectivity index (χ4v) is 3.88. The molecule has 0 aliphatic carbocycles. The van der Waals surface area contributed by atoms with E-state index in [1.54, 1.807) is 18.4 Å². The molecule has 0 radical (unpaired) electrons. The summed E-state index contributed by atoms with van der Waals surface area (Å²) in [4.78, 5) is 8.39. The Morgan fingerprint density at radius 3 is 2.85 bits per heavy atom. The van der Waals surface area contributed by atoms with Gasteiger partial charge in [-0.15, -0.1) is 35.3 Å². The summed E-state index contributed by atoms with van der Waals surface area (Å²) in [7, 11) is 1.74. The van der Waals surface area contributed by atoms with Crippen LogP contribution in [0.3, 0.4) is 0 Å². The molecule has 148 valence electrons. The summed E-state index contributed by atoms with van der Waals surface area (Å²) in [6.45, 7) is 6.73. The van der Waals surface area contributed by atoms with Gasteiger partial charge in [0.1, 0.15) is 5.75 Å². The molecule has 0 amide bonds. The summed E-state index contributed by atoms with van der Waals surface area (Å²) in [5.74, 6) is 2.45. The number of hydrogen-bond donors (Lipinski definition) is 2. The van der Waals surface area contributed by atoms with Crippen LogP contribution >= 0.6 is 35.3 Å². The molecule has 1 fully saturated rings. The number of thiophene rings is 1. The molecule has 2 aromatic rings. The molecule has 3 rings (SSSR count). The smallest absolute Gasteiger partial charge is 0.191 e. The number of methoxy groups -OCH3 is 1. The Bertz CT molecular complexity index is 708. The van der Waals surface area contributed by atoms with Crippen LogP contribution in [0.25, 0.3) is 0 Å². The zero-order valence-corrected chi connectivity index (χ0v) is 19.1. The Kier molecular flexibility index (Phi) is 9.20. The zero-order chi connectivity index (χ0) is 18.2. The highest BCUT2D eigenvalue weighted by Gasteiger charge is 2.24. The Labute approximate surface area is 183 Å². The maximum absolute atomic E-state index is 5.51. The van der Waals surface area contributed by atoms with Crippen LogP contribution in [0, 0.1) is 5.92 Å². The first-order valence-corrected chi connectivity index (χ1v) is 10.1. The number of nitrogens with zero attached hydrogens (tertiary/aromatic N) is 2. The van der Waals surface area contributed by atoms with E-state index in [0.29, 0.717) is 5.92 Å². The zero-order valence-electron chi connectivity index (χ0n) is 16.0. The van der Waals surface area contributed by atoms with Gasteiger partial charge in [0.15, 0.2) is 5.96 Å². The summed E-state index contributed by atoms with van der Waals surface area (Å²) in [6, 6.07) is 12.5. The fourth-order valence-electron chi connectivity index (χ4n) is 3.25. The highest BCUT2D eigenvalue weighted by Crippen LogP contribution is 2.31. The third-order valence-corrected chi connectivity index (χ3v) is 5.45. The molecule has 27 heavy (non-hydrogen) atoms. The molecule has 1 aromatic carbocycles. The minimum atomic E-state index is 0. The van der Waals surface area contributed by atoms with Crippen LogP contribution in [-0.4, -0.2) is 39.2 Å². The van der Waals surface area contributed by atoms with Crippen molar-refractivity contribution in [2.45, 2.75) is 19.9 Å². The number of anilines is 1. The van der Waals surface area contributed by atoms with Gasteiger partial charge < -0.3 is 20.3 Å². The van der Waals surface area contributed by atoms with Gasteiger partial charge in [0.25, 0.3) is 0 Å². The topological polar surface area (TPSA) is 48.9 Å². The van der Waals surface area contributed by atoms with Crippen molar-refractivity contribution in [2.24, 2.45) is 10.9 Å². The fraction of sp³-hybridized carbons (Fsp3) is 0.450. The van der Waals surface area contributed by atoms with E-state index < -0.39 is 0 Å². The number of halogens is 1. The highest BCUT2D eigenvalue weighted by atomic mass is 127. The molecule has 2 heterocycles. The molecule has 1 aliphatic rings. The van der Waals surface area contributed by atoms with E-state index in [1.807, 2.05) is 12.1 Å². The molecule has 5 nitrogen and oxygen atoms in total. The lowest BCUT2D eigenvalue weighted by atomic mass is 10.1. The van der Waals surface area contributed by atoms with Crippen molar-refractivity contribution in [3.05, 3.63) is 46.7 Å². The lowest BCUT2D eigenvalue weighted by molar-refractivity contribution is 0.414. The summed E-state index contributed by atoms with van der Waals surface area (Å²) in [5.41, 5.74) is 1.19. The number of ether oxygens (including phenoxy) is 1. The van der Waals surface area contributed by atoms with E-state index in [2.05, 4.69) is 52.1 Å². The largest absolute Gasteiger partial charge is 0.495 e. The van der Waals surface area contributed by atoms with E-state index >= 15 is 0 Å². The van der Waals surface area contributed by atoms with Gasteiger partial charge in [-0.3, -0.25) is 0 Å². The first-order valence-electron chi connectivity index (χ1n) is 9.22. The van der Waals surface area contributed by atoms with E-state index in [9.17, 15) is 0 Å². The van der Waals surface area contributed by atoms with Gasteiger partial charge in [0.05, 0.1) is 19.3 Å². The van der Waals surface area contributed by atoms with Crippen LogP contribution in [-0.2, 0) is 6.54 Å². The maximum atomic E-state index is 5.51. The van der Waals surface area contributed by atoms with Gasteiger partial charge in [0.2, 0.25) is 0 Å². The molecule has 0 saturated carbocycles. The molecule has 1 aromatic heterocycles. The molecule has 0 spiro atoms. The second-order valence-corrected chi connectivity index (χ2v) is 7.46. The van der Waals surface area contributed by atoms with Crippen LogP contribution in [0.4, 0.5) is 5.69 Å². The molecule has 1 aliphatic heterocycles. The summed E-state index contributed by atoms with van der Waals surface area (Å²) in [6.07, 6.45) is 1.18. The predicted molar refractivity (Wildman–Crippen MR) is 126 cm³/mol. The number of guanidine groups is 1. The molecular formula is C20H29IN4OS. The third kappa shape index (κ3) is 6.27. The van der Waals surface area contributed by atoms with E-state index in [-0.39, 0.29) is 24.0 Å². The van der Waals surface area contributed by atoms with Crippen molar-refractivity contribution in [1.82, 2.24) is 10.6 Å². The molecular weight excluding hydrogens is 471 g/mol. The Morgan fingerprint density at radius 1 is 1.26 bits per heavy atom. The lowest BCUT2D eigenvalue weighted by Gasteiger charge is -2.21. The molecule has 7 heteroatoms. The van der Waals surface area contributed by atoms with E-state index in [1.165, 1.54) is 17.0 Å². The number of rotatable bonds is 7. The molecule has 2 N–H and O–H groups in total. The minimum absolute atomic E-state index is 0. The number of para-hydroxylation sites is 2. The SMILES string of the molecule is CCNC(=NCc1cccs1)NCC1CCN(c2ccccc2OC)C1.I. The van der Waals surface area contributed by atoms with Crippen molar-refractivity contribution in [2.75, 3.05) is 38.2 Å². The number of benzene rings is 1. The van der Waals surface area contributed by atoms with Gasteiger partial charge in [0, 0.05) is 31.1 Å². The van der Waals surface area contributed by atoms with Crippen LogP contribution in [0.15, 0.2) is 46.8 Å². The first kappa shape index (κ1) is 21.8. The van der Waals surface area contributed by atoms with E-state index in [4.69, 9.17) is 9.73 Å².